The molecular weight excluding hydrogens is 290 g/mol. The minimum absolute atomic E-state index is 0.286. The van der Waals surface area contributed by atoms with Crippen molar-refractivity contribution in [2.45, 2.75) is 18.7 Å². The Bertz CT molecular complexity index is 398. The number of benzene rings is 1. The molecule has 0 aliphatic carbocycles. The number of aliphatic hydroxyl groups excluding tert-OH is 1. The van der Waals surface area contributed by atoms with Gasteiger partial charge in [0.1, 0.15) is 0 Å². The Morgan fingerprint density at radius 2 is 1.94 bits per heavy atom. The summed E-state index contributed by atoms with van der Waals surface area (Å²) in [6.07, 6.45) is -6.48. The Morgan fingerprint density at radius 3 is 2.50 bits per heavy atom. The minimum Gasteiger partial charge on any atom is -0.382 e. The van der Waals surface area contributed by atoms with E-state index >= 15 is 0 Å². The highest BCUT2D eigenvalue weighted by atomic mass is 35.5. The van der Waals surface area contributed by atoms with Crippen molar-refractivity contribution in [3.63, 3.8) is 0 Å². The highest BCUT2D eigenvalue weighted by Crippen LogP contribution is 2.21. The van der Waals surface area contributed by atoms with E-state index in [4.69, 9.17) is 28.3 Å². The van der Waals surface area contributed by atoms with Gasteiger partial charge in [-0.05, 0) is 30.7 Å². The predicted molar refractivity (Wildman–Crippen MR) is 65.1 cm³/mol. The van der Waals surface area contributed by atoms with Crippen molar-refractivity contribution in [1.82, 2.24) is 5.32 Å². The van der Waals surface area contributed by atoms with Gasteiger partial charge in [-0.3, -0.25) is 0 Å². The predicted octanol–water partition coefficient (Wildman–Crippen LogP) is 3.05. The topological polar surface area (TPSA) is 32.3 Å². The first kappa shape index (κ1) is 15.6. The van der Waals surface area contributed by atoms with Crippen molar-refractivity contribution in [2.75, 3.05) is 13.1 Å². The number of hydrogen-bond donors (Lipinski definition) is 2. The second-order valence-corrected chi connectivity index (χ2v) is 4.59. The van der Waals surface area contributed by atoms with Crippen molar-refractivity contribution in [3.05, 3.63) is 33.8 Å². The fraction of sp³-hybridized carbons (Fsp3) is 0.455. The number of alkyl halides is 3. The summed E-state index contributed by atoms with van der Waals surface area (Å²) in [7, 11) is 0. The van der Waals surface area contributed by atoms with E-state index in [0.717, 1.165) is 5.56 Å². The number of hydrogen-bond acceptors (Lipinski definition) is 2. The third kappa shape index (κ3) is 5.02. The van der Waals surface area contributed by atoms with Gasteiger partial charge in [0.05, 0.1) is 0 Å². The van der Waals surface area contributed by atoms with E-state index in [1.165, 1.54) is 0 Å². The van der Waals surface area contributed by atoms with E-state index < -0.39 is 18.8 Å². The summed E-state index contributed by atoms with van der Waals surface area (Å²) in [5.74, 6) is 0. The van der Waals surface area contributed by atoms with Crippen LogP contribution in [0.1, 0.15) is 5.56 Å². The van der Waals surface area contributed by atoms with Crippen molar-refractivity contribution in [3.8, 4) is 0 Å². The molecule has 7 heteroatoms. The first-order valence-corrected chi connectivity index (χ1v) is 5.95. The molecule has 2 N–H and O–H groups in total. The van der Waals surface area contributed by atoms with Gasteiger partial charge in [-0.15, -0.1) is 0 Å². The van der Waals surface area contributed by atoms with Crippen LogP contribution in [-0.4, -0.2) is 30.5 Å². The maximum Gasteiger partial charge on any atom is 0.415 e. The van der Waals surface area contributed by atoms with Gasteiger partial charge < -0.3 is 10.4 Å². The third-order valence-corrected chi connectivity index (χ3v) is 2.89. The molecular formula is C11H12Cl2F3NO. The first-order valence-electron chi connectivity index (χ1n) is 5.20. The van der Waals surface area contributed by atoms with Crippen LogP contribution < -0.4 is 5.32 Å². The zero-order valence-corrected chi connectivity index (χ0v) is 10.8. The molecule has 0 aromatic heterocycles. The van der Waals surface area contributed by atoms with Crippen LogP contribution in [0, 0.1) is 0 Å². The van der Waals surface area contributed by atoms with Crippen molar-refractivity contribution in [2.24, 2.45) is 0 Å². The molecule has 102 valence electrons. The van der Waals surface area contributed by atoms with Gasteiger partial charge in [-0.1, -0.05) is 29.3 Å². The highest BCUT2D eigenvalue weighted by Gasteiger charge is 2.37. The largest absolute Gasteiger partial charge is 0.415 e. The molecule has 1 atom stereocenters. The Balaban J connectivity index is 2.34. The van der Waals surface area contributed by atoms with Gasteiger partial charge in [0.15, 0.2) is 6.10 Å². The molecule has 1 rings (SSSR count). The average Bonchev–Trinajstić information content (AvgIpc) is 2.25. The highest BCUT2D eigenvalue weighted by molar-refractivity contribution is 6.35. The van der Waals surface area contributed by atoms with Crippen LogP contribution in [0.5, 0.6) is 0 Å². The summed E-state index contributed by atoms with van der Waals surface area (Å²) in [5.41, 5.74) is 0.787. The summed E-state index contributed by atoms with van der Waals surface area (Å²) in [5, 5.41) is 12.2. The van der Waals surface area contributed by atoms with E-state index in [0.29, 0.717) is 16.5 Å². The van der Waals surface area contributed by atoms with E-state index in [9.17, 15) is 13.2 Å². The molecule has 0 bridgehead atoms. The maximum atomic E-state index is 12.0. The molecule has 0 saturated carbocycles. The van der Waals surface area contributed by atoms with Crippen LogP contribution in [0.2, 0.25) is 10.0 Å². The van der Waals surface area contributed by atoms with Crippen LogP contribution in [-0.2, 0) is 6.42 Å². The standard InChI is InChI=1S/C11H12Cl2F3NO/c12-8-2-1-7(9(13)5-8)3-4-17-6-10(18)11(14,15)16/h1-2,5,10,17-18H,3-4,6H2. The van der Waals surface area contributed by atoms with E-state index in [2.05, 4.69) is 5.32 Å². The molecule has 0 aliphatic rings. The smallest absolute Gasteiger partial charge is 0.382 e. The summed E-state index contributed by atoms with van der Waals surface area (Å²) in [6.45, 7) is -0.247. The molecule has 18 heavy (non-hydrogen) atoms. The number of rotatable bonds is 5. The Labute approximate surface area is 113 Å². The van der Waals surface area contributed by atoms with Crippen molar-refractivity contribution in [1.29, 1.82) is 0 Å². The molecule has 0 aliphatic heterocycles. The molecule has 1 aromatic rings. The van der Waals surface area contributed by atoms with Crippen LogP contribution >= 0.6 is 23.2 Å². The lowest BCUT2D eigenvalue weighted by molar-refractivity contribution is -0.201. The van der Waals surface area contributed by atoms with E-state index in [-0.39, 0.29) is 6.54 Å². The normalized spacial score (nSPS) is 13.7. The van der Waals surface area contributed by atoms with Gasteiger partial charge in [0, 0.05) is 16.6 Å². The Kier molecular flexibility index (Phi) is 5.72. The average molecular weight is 302 g/mol. The zero-order chi connectivity index (χ0) is 13.8. The van der Waals surface area contributed by atoms with Gasteiger partial charge in [-0.25, -0.2) is 0 Å². The molecule has 1 aromatic carbocycles. The lowest BCUT2D eigenvalue weighted by Crippen LogP contribution is -2.39. The molecule has 1 unspecified atom stereocenters. The van der Waals surface area contributed by atoms with Crippen molar-refractivity contribution < 1.29 is 18.3 Å². The van der Waals surface area contributed by atoms with Crippen molar-refractivity contribution >= 4 is 23.2 Å². The van der Waals surface area contributed by atoms with E-state index in [1.807, 2.05) is 0 Å². The summed E-state index contributed by atoms with van der Waals surface area (Å²) in [4.78, 5) is 0. The molecule has 0 radical (unpaired) electrons. The lowest BCUT2D eigenvalue weighted by atomic mass is 10.1. The Morgan fingerprint density at radius 1 is 1.28 bits per heavy atom. The molecule has 0 amide bonds. The maximum absolute atomic E-state index is 12.0. The quantitative estimate of drug-likeness (QED) is 0.819. The van der Waals surface area contributed by atoms with Crippen LogP contribution in [0.25, 0.3) is 0 Å². The number of nitrogens with one attached hydrogen (secondary N) is 1. The molecule has 0 fully saturated rings. The molecule has 0 saturated heterocycles. The molecule has 2 nitrogen and oxygen atoms in total. The van der Waals surface area contributed by atoms with Gasteiger partial charge in [-0.2, -0.15) is 13.2 Å². The summed E-state index contributed by atoms with van der Waals surface area (Å²) < 4.78 is 35.9. The minimum atomic E-state index is -4.59. The summed E-state index contributed by atoms with van der Waals surface area (Å²) >= 11 is 11.6. The van der Waals surface area contributed by atoms with E-state index in [1.54, 1.807) is 18.2 Å². The second-order valence-electron chi connectivity index (χ2n) is 3.75. The van der Waals surface area contributed by atoms with Crippen LogP contribution in [0.4, 0.5) is 13.2 Å². The zero-order valence-electron chi connectivity index (χ0n) is 9.27. The molecule has 0 spiro atoms. The second kappa shape index (κ2) is 6.61. The monoisotopic (exact) mass is 301 g/mol. The number of aliphatic hydroxyl groups is 1. The van der Waals surface area contributed by atoms with Gasteiger partial charge in [0.2, 0.25) is 0 Å². The fourth-order valence-corrected chi connectivity index (χ4v) is 1.80. The van der Waals surface area contributed by atoms with Gasteiger partial charge >= 0.3 is 6.18 Å². The third-order valence-electron chi connectivity index (χ3n) is 2.30. The number of halogens is 5. The van der Waals surface area contributed by atoms with Crippen LogP contribution in [0.3, 0.4) is 0 Å². The first-order chi connectivity index (χ1) is 8.30. The Hall–Kier alpha value is -0.490. The van der Waals surface area contributed by atoms with Gasteiger partial charge in [0.25, 0.3) is 0 Å². The fourth-order valence-electron chi connectivity index (χ4n) is 1.30. The lowest BCUT2D eigenvalue weighted by Gasteiger charge is -2.15. The molecule has 0 heterocycles. The SMILES string of the molecule is OC(CNCCc1ccc(Cl)cc1Cl)C(F)(F)F. The van der Waals surface area contributed by atoms with Crippen LogP contribution in [0.15, 0.2) is 18.2 Å². The summed E-state index contributed by atoms with van der Waals surface area (Å²) in [6, 6.07) is 4.95.